The van der Waals surface area contributed by atoms with Crippen molar-refractivity contribution in [1.82, 2.24) is 0 Å². The molecule has 0 unspecified atom stereocenters. The van der Waals surface area contributed by atoms with Gasteiger partial charge in [0.05, 0.1) is 6.10 Å². The lowest BCUT2D eigenvalue weighted by Crippen LogP contribution is -2.28. The molecular formula is C17H25NO. The molecule has 0 aromatic heterocycles. The molecule has 1 aromatic carbocycles. The number of rotatable bonds is 7. The number of hydrogen-bond donors (Lipinski definition) is 1. The van der Waals surface area contributed by atoms with Crippen LogP contribution in [0.25, 0.3) is 0 Å². The smallest absolute Gasteiger partial charge is 0.0787 e. The van der Waals surface area contributed by atoms with Crippen LogP contribution < -0.4 is 4.90 Å². The average Bonchev–Trinajstić information content (AvgIpc) is 3.32. The maximum atomic E-state index is 9.86. The molecule has 2 heteroatoms. The summed E-state index contributed by atoms with van der Waals surface area (Å²) in [5.41, 5.74) is 2.38. The Labute approximate surface area is 116 Å². The fraction of sp³-hybridized carbons (Fsp3) is 0.647. The summed E-state index contributed by atoms with van der Waals surface area (Å²) in [7, 11) is 0. The highest BCUT2D eigenvalue weighted by molar-refractivity contribution is 5.48. The van der Waals surface area contributed by atoms with Crippen LogP contribution in [0.5, 0.6) is 0 Å². The summed E-state index contributed by atoms with van der Waals surface area (Å²) in [4.78, 5) is 2.57. The Kier molecular flexibility index (Phi) is 3.79. The van der Waals surface area contributed by atoms with Crippen molar-refractivity contribution in [1.29, 1.82) is 0 Å². The predicted octanol–water partition coefficient (Wildman–Crippen LogP) is 3.76. The van der Waals surface area contributed by atoms with Gasteiger partial charge in [-0.1, -0.05) is 19.1 Å². The minimum absolute atomic E-state index is 0.311. The van der Waals surface area contributed by atoms with Gasteiger partial charge in [0.15, 0.2) is 0 Å². The SMILES string of the molecule is CC[C@@H](O)c1ccc(N(CC2CC2)CC2CC2)cc1. The van der Waals surface area contributed by atoms with Crippen molar-refractivity contribution in [3.05, 3.63) is 29.8 Å². The van der Waals surface area contributed by atoms with Crippen LogP contribution in [0.4, 0.5) is 5.69 Å². The molecule has 1 N–H and O–H groups in total. The van der Waals surface area contributed by atoms with Gasteiger partial charge in [-0.25, -0.2) is 0 Å². The standard InChI is InChI=1S/C17H25NO/c1-2-17(19)15-7-9-16(10-8-15)18(11-13-3-4-13)12-14-5-6-14/h7-10,13-14,17,19H,2-6,11-12H2,1H3/t17-/m1/s1. The first-order valence-electron chi connectivity index (χ1n) is 7.79. The van der Waals surface area contributed by atoms with Crippen LogP contribution in [0.3, 0.4) is 0 Å². The molecule has 0 bridgehead atoms. The zero-order chi connectivity index (χ0) is 13.2. The first-order valence-corrected chi connectivity index (χ1v) is 7.79. The van der Waals surface area contributed by atoms with Crippen molar-refractivity contribution in [2.24, 2.45) is 11.8 Å². The van der Waals surface area contributed by atoms with E-state index in [4.69, 9.17) is 0 Å². The van der Waals surface area contributed by atoms with E-state index in [1.54, 1.807) is 0 Å². The molecule has 2 nitrogen and oxygen atoms in total. The minimum atomic E-state index is -0.311. The number of benzene rings is 1. The van der Waals surface area contributed by atoms with Crippen LogP contribution in [0, 0.1) is 11.8 Å². The van der Waals surface area contributed by atoms with Gasteiger partial charge < -0.3 is 10.0 Å². The number of anilines is 1. The molecule has 19 heavy (non-hydrogen) atoms. The van der Waals surface area contributed by atoms with E-state index in [9.17, 15) is 5.11 Å². The highest BCUT2D eigenvalue weighted by atomic mass is 16.3. The Morgan fingerprint density at radius 2 is 1.58 bits per heavy atom. The van der Waals surface area contributed by atoms with E-state index in [2.05, 4.69) is 29.2 Å². The van der Waals surface area contributed by atoms with Gasteiger partial charge in [-0.2, -0.15) is 0 Å². The summed E-state index contributed by atoms with van der Waals surface area (Å²) in [5.74, 6) is 1.86. The largest absolute Gasteiger partial charge is 0.388 e. The van der Waals surface area contributed by atoms with E-state index >= 15 is 0 Å². The topological polar surface area (TPSA) is 23.5 Å². The van der Waals surface area contributed by atoms with E-state index in [0.29, 0.717) is 0 Å². The third-order valence-electron chi connectivity index (χ3n) is 4.38. The molecule has 1 atom stereocenters. The van der Waals surface area contributed by atoms with Crippen molar-refractivity contribution >= 4 is 5.69 Å². The highest BCUT2D eigenvalue weighted by Gasteiger charge is 2.29. The Bertz CT molecular complexity index is 392. The van der Waals surface area contributed by atoms with Crippen molar-refractivity contribution in [2.45, 2.75) is 45.1 Å². The molecule has 2 aliphatic carbocycles. The van der Waals surface area contributed by atoms with Crippen LogP contribution >= 0.6 is 0 Å². The first kappa shape index (κ1) is 13.0. The van der Waals surface area contributed by atoms with Crippen molar-refractivity contribution in [3.8, 4) is 0 Å². The van der Waals surface area contributed by atoms with Crippen LogP contribution in [0.15, 0.2) is 24.3 Å². The predicted molar refractivity (Wildman–Crippen MR) is 79.4 cm³/mol. The summed E-state index contributed by atoms with van der Waals surface area (Å²) < 4.78 is 0. The van der Waals surface area contributed by atoms with Crippen LogP contribution in [0.2, 0.25) is 0 Å². The molecule has 2 fully saturated rings. The summed E-state index contributed by atoms with van der Waals surface area (Å²) in [6.45, 7) is 4.48. The Morgan fingerprint density at radius 1 is 1.05 bits per heavy atom. The van der Waals surface area contributed by atoms with E-state index < -0.39 is 0 Å². The molecule has 3 rings (SSSR count). The molecule has 0 heterocycles. The monoisotopic (exact) mass is 259 g/mol. The van der Waals surface area contributed by atoms with E-state index in [0.717, 1.165) is 23.8 Å². The summed E-state index contributed by atoms with van der Waals surface area (Å²) in [6, 6.07) is 8.57. The Morgan fingerprint density at radius 3 is 2.00 bits per heavy atom. The van der Waals surface area contributed by atoms with Gasteiger partial charge in [0.2, 0.25) is 0 Å². The zero-order valence-corrected chi connectivity index (χ0v) is 11.9. The lowest BCUT2D eigenvalue weighted by atomic mass is 10.1. The minimum Gasteiger partial charge on any atom is -0.388 e. The molecule has 2 aliphatic rings. The second-order valence-corrected chi connectivity index (χ2v) is 6.31. The van der Waals surface area contributed by atoms with E-state index in [1.165, 1.54) is 44.5 Å². The third-order valence-corrected chi connectivity index (χ3v) is 4.38. The quantitative estimate of drug-likeness (QED) is 0.806. The van der Waals surface area contributed by atoms with Crippen molar-refractivity contribution in [2.75, 3.05) is 18.0 Å². The number of nitrogens with zero attached hydrogens (tertiary/aromatic N) is 1. The summed E-state index contributed by atoms with van der Waals surface area (Å²) in [6.07, 6.45) is 6.12. The molecular weight excluding hydrogens is 234 g/mol. The molecule has 0 amide bonds. The summed E-state index contributed by atoms with van der Waals surface area (Å²) in [5, 5.41) is 9.86. The molecule has 104 valence electrons. The van der Waals surface area contributed by atoms with Gasteiger partial charge in [-0.3, -0.25) is 0 Å². The number of aliphatic hydroxyl groups is 1. The van der Waals surface area contributed by atoms with Crippen LogP contribution in [0.1, 0.15) is 50.7 Å². The fourth-order valence-corrected chi connectivity index (χ4v) is 2.65. The molecule has 0 radical (unpaired) electrons. The first-order chi connectivity index (χ1) is 9.26. The third kappa shape index (κ3) is 3.50. The van der Waals surface area contributed by atoms with Gasteiger partial charge in [0, 0.05) is 18.8 Å². The van der Waals surface area contributed by atoms with Crippen LogP contribution in [-0.2, 0) is 0 Å². The maximum absolute atomic E-state index is 9.86. The molecule has 2 saturated carbocycles. The lowest BCUT2D eigenvalue weighted by molar-refractivity contribution is 0.173. The van der Waals surface area contributed by atoms with Crippen LogP contribution in [-0.4, -0.2) is 18.2 Å². The highest BCUT2D eigenvalue weighted by Crippen LogP contribution is 2.36. The van der Waals surface area contributed by atoms with Gasteiger partial charge in [0.25, 0.3) is 0 Å². The summed E-state index contributed by atoms with van der Waals surface area (Å²) >= 11 is 0. The zero-order valence-electron chi connectivity index (χ0n) is 11.9. The molecule has 0 aliphatic heterocycles. The Balaban J connectivity index is 1.68. The lowest BCUT2D eigenvalue weighted by Gasteiger charge is -2.25. The second-order valence-electron chi connectivity index (χ2n) is 6.31. The van der Waals surface area contributed by atoms with Gasteiger partial charge in [0.1, 0.15) is 0 Å². The number of aliphatic hydroxyl groups excluding tert-OH is 1. The van der Waals surface area contributed by atoms with Gasteiger partial charge in [-0.15, -0.1) is 0 Å². The number of hydrogen-bond acceptors (Lipinski definition) is 2. The average molecular weight is 259 g/mol. The fourth-order valence-electron chi connectivity index (χ4n) is 2.65. The van der Waals surface area contributed by atoms with Crippen molar-refractivity contribution < 1.29 is 5.11 Å². The molecule has 0 saturated heterocycles. The maximum Gasteiger partial charge on any atom is 0.0787 e. The van der Waals surface area contributed by atoms with E-state index in [1.807, 2.05) is 6.92 Å². The van der Waals surface area contributed by atoms with E-state index in [-0.39, 0.29) is 6.10 Å². The molecule has 0 spiro atoms. The normalized spacial score (nSPS) is 20.3. The molecule has 1 aromatic rings. The second kappa shape index (κ2) is 5.54. The van der Waals surface area contributed by atoms with Gasteiger partial charge >= 0.3 is 0 Å². The van der Waals surface area contributed by atoms with Crippen molar-refractivity contribution in [3.63, 3.8) is 0 Å². The van der Waals surface area contributed by atoms with Gasteiger partial charge in [-0.05, 0) is 61.6 Å². The Hall–Kier alpha value is -1.02.